The van der Waals surface area contributed by atoms with E-state index in [1.54, 1.807) is 18.3 Å². The number of thiophene rings is 1. The van der Waals surface area contributed by atoms with Crippen molar-refractivity contribution in [3.8, 4) is 0 Å². The van der Waals surface area contributed by atoms with Gasteiger partial charge in [0.25, 0.3) is 0 Å². The van der Waals surface area contributed by atoms with Crippen molar-refractivity contribution in [2.24, 2.45) is 0 Å². The third kappa shape index (κ3) is 3.18. The lowest BCUT2D eigenvalue weighted by Crippen LogP contribution is -2.42. The highest BCUT2D eigenvalue weighted by Crippen LogP contribution is 2.23. The van der Waals surface area contributed by atoms with E-state index in [0.29, 0.717) is 12.1 Å². The van der Waals surface area contributed by atoms with E-state index in [1.165, 1.54) is 6.07 Å². The van der Waals surface area contributed by atoms with Crippen molar-refractivity contribution in [3.63, 3.8) is 0 Å². The van der Waals surface area contributed by atoms with Crippen molar-refractivity contribution in [1.82, 2.24) is 5.32 Å². The first-order valence-corrected chi connectivity index (χ1v) is 6.77. The zero-order valence-electron chi connectivity index (χ0n) is 10.5. The summed E-state index contributed by atoms with van der Waals surface area (Å²) in [6.45, 7) is 2.12. The van der Waals surface area contributed by atoms with Gasteiger partial charge in [0.15, 0.2) is 11.6 Å². The minimum absolute atomic E-state index is 0.205. The van der Waals surface area contributed by atoms with Crippen molar-refractivity contribution in [2.45, 2.75) is 19.0 Å². The van der Waals surface area contributed by atoms with E-state index in [0.717, 1.165) is 17.0 Å². The minimum Gasteiger partial charge on any atom is -0.394 e. The molecular weight excluding hydrogens is 268 g/mol. The van der Waals surface area contributed by atoms with Crippen LogP contribution in [0.5, 0.6) is 0 Å². The van der Waals surface area contributed by atoms with Gasteiger partial charge in [-0.25, -0.2) is 8.78 Å². The molecule has 19 heavy (non-hydrogen) atoms. The Kier molecular flexibility index (Phi) is 4.29. The monoisotopic (exact) mass is 283 g/mol. The molecule has 1 aromatic carbocycles. The van der Waals surface area contributed by atoms with Crippen LogP contribution in [-0.2, 0) is 12.1 Å². The molecule has 0 saturated carbocycles. The summed E-state index contributed by atoms with van der Waals surface area (Å²) in [4.78, 5) is 1.11. The van der Waals surface area contributed by atoms with Crippen molar-refractivity contribution >= 4 is 11.3 Å². The predicted octanol–water partition coefficient (Wildman–Crippen LogP) is 3.02. The van der Waals surface area contributed by atoms with Crippen molar-refractivity contribution in [1.29, 1.82) is 0 Å². The van der Waals surface area contributed by atoms with E-state index in [2.05, 4.69) is 5.32 Å². The summed E-state index contributed by atoms with van der Waals surface area (Å²) in [5.41, 5.74) is -0.288. The number of aliphatic hydroxyl groups is 1. The van der Waals surface area contributed by atoms with Crippen LogP contribution in [-0.4, -0.2) is 11.7 Å². The Hall–Kier alpha value is -1.30. The SMILES string of the molecule is CC(CO)(NCc1cccs1)c1ccc(F)c(F)c1. The second-order valence-electron chi connectivity index (χ2n) is 4.55. The molecule has 0 aliphatic heterocycles. The lowest BCUT2D eigenvalue weighted by Gasteiger charge is -2.29. The standard InChI is InChI=1S/C14H15F2NOS/c1-14(9-18,17-8-11-3-2-6-19-11)10-4-5-12(15)13(16)7-10/h2-7,17-18H,8-9H2,1H3. The molecule has 2 rings (SSSR count). The molecule has 1 aromatic heterocycles. The van der Waals surface area contributed by atoms with E-state index in [1.807, 2.05) is 17.5 Å². The average molecular weight is 283 g/mol. The predicted molar refractivity (Wildman–Crippen MR) is 72.0 cm³/mol. The molecule has 1 unspecified atom stereocenters. The normalized spacial score (nSPS) is 14.3. The maximum atomic E-state index is 13.3. The third-order valence-electron chi connectivity index (χ3n) is 3.11. The molecule has 1 atom stereocenters. The van der Waals surface area contributed by atoms with Gasteiger partial charge in [0.05, 0.1) is 12.1 Å². The summed E-state index contributed by atoms with van der Waals surface area (Å²) in [5.74, 6) is -1.79. The van der Waals surface area contributed by atoms with Gasteiger partial charge in [-0.3, -0.25) is 0 Å². The summed E-state index contributed by atoms with van der Waals surface area (Å²) >= 11 is 1.60. The number of hydrogen-bond acceptors (Lipinski definition) is 3. The molecule has 0 radical (unpaired) electrons. The van der Waals surface area contributed by atoms with Gasteiger partial charge in [-0.05, 0) is 36.1 Å². The molecule has 0 fully saturated rings. The molecule has 0 aliphatic carbocycles. The zero-order valence-corrected chi connectivity index (χ0v) is 11.3. The maximum Gasteiger partial charge on any atom is 0.159 e. The number of halogens is 2. The summed E-state index contributed by atoms with van der Waals surface area (Å²) in [5, 5.41) is 14.7. The van der Waals surface area contributed by atoms with E-state index in [-0.39, 0.29) is 6.61 Å². The first kappa shape index (κ1) is 14.1. The molecule has 2 aromatic rings. The number of rotatable bonds is 5. The van der Waals surface area contributed by atoms with Gasteiger partial charge in [0.2, 0.25) is 0 Å². The summed E-state index contributed by atoms with van der Waals surface area (Å²) in [6, 6.07) is 7.59. The van der Waals surface area contributed by atoms with Crippen molar-refractivity contribution in [3.05, 3.63) is 57.8 Å². The molecule has 0 aliphatic rings. The summed E-state index contributed by atoms with van der Waals surface area (Å²) in [7, 11) is 0. The maximum absolute atomic E-state index is 13.3. The quantitative estimate of drug-likeness (QED) is 0.884. The highest BCUT2D eigenvalue weighted by Gasteiger charge is 2.26. The third-order valence-corrected chi connectivity index (χ3v) is 3.98. The lowest BCUT2D eigenvalue weighted by molar-refractivity contribution is 0.173. The fraction of sp³-hybridized carbons (Fsp3) is 0.286. The van der Waals surface area contributed by atoms with Crippen LogP contribution in [0.15, 0.2) is 35.7 Å². The second kappa shape index (κ2) is 5.77. The number of benzene rings is 1. The van der Waals surface area contributed by atoms with E-state index in [4.69, 9.17) is 0 Å². The number of hydrogen-bond donors (Lipinski definition) is 2. The Balaban J connectivity index is 2.18. The Bertz CT molecular complexity index is 544. The van der Waals surface area contributed by atoms with Crippen LogP contribution in [0.4, 0.5) is 8.78 Å². The fourth-order valence-corrected chi connectivity index (χ4v) is 2.43. The summed E-state index contributed by atoms with van der Waals surface area (Å²) in [6.07, 6.45) is 0. The van der Waals surface area contributed by atoms with Crippen molar-refractivity contribution in [2.75, 3.05) is 6.61 Å². The molecular formula is C14H15F2NOS. The van der Waals surface area contributed by atoms with Crippen LogP contribution < -0.4 is 5.32 Å². The van der Waals surface area contributed by atoms with Gasteiger partial charge in [-0.1, -0.05) is 12.1 Å². The molecule has 0 bridgehead atoms. The first-order valence-electron chi connectivity index (χ1n) is 5.89. The van der Waals surface area contributed by atoms with Crippen molar-refractivity contribution < 1.29 is 13.9 Å². The highest BCUT2D eigenvalue weighted by atomic mass is 32.1. The fourth-order valence-electron chi connectivity index (χ4n) is 1.78. The van der Waals surface area contributed by atoms with E-state index >= 15 is 0 Å². The van der Waals surface area contributed by atoms with E-state index < -0.39 is 17.2 Å². The minimum atomic E-state index is -0.907. The van der Waals surface area contributed by atoms with Gasteiger partial charge in [-0.15, -0.1) is 11.3 Å². The Morgan fingerprint density at radius 2 is 2.05 bits per heavy atom. The Morgan fingerprint density at radius 3 is 2.63 bits per heavy atom. The first-order chi connectivity index (χ1) is 9.05. The molecule has 1 heterocycles. The smallest absolute Gasteiger partial charge is 0.159 e. The van der Waals surface area contributed by atoms with Crippen LogP contribution in [0, 0.1) is 11.6 Å². The second-order valence-corrected chi connectivity index (χ2v) is 5.58. The van der Waals surface area contributed by atoms with Crippen LogP contribution in [0.1, 0.15) is 17.4 Å². The Morgan fingerprint density at radius 1 is 1.26 bits per heavy atom. The lowest BCUT2D eigenvalue weighted by atomic mass is 9.92. The molecule has 5 heteroatoms. The summed E-state index contributed by atoms with van der Waals surface area (Å²) < 4.78 is 26.2. The molecule has 102 valence electrons. The number of aliphatic hydroxyl groups excluding tert-OH is 1. The van der Waals surface area contributed by atoms with Gasteiger partial charge in [-0.2, -0.15) is 0 Å². The molecule has 2 N–H and O–H groups in total. The van der Waals surface area contributed by atoms with Crippen LogP contribution >= 0.6 is 11.3 Å². The van der Waals surface area contributed by atoms with Crippen LogP contribution in [0.25, 0.3) is 0 Å². The van der Waals surface area contributed by atoms with E-state index in [9.17, 15) is 13.9 Å². The average Bonchev–Trinajstić information content (AvgIpc) is 2.92. The molecule has 0 saturated heterocycles. The molecule has 0 amide bonds. The highest BCUT2D eigenvalue weighted by molar-refractivity contribution is 7.09. The number of nitrogens with one attached hydrogen (secondary N) is 1. The topological polar surface area (TPSA) is 32.3 Å². The van der Waals surface area contributed by atoms with Crippen LogP contribution in [0.3, 0.4) is 0 Å². The molecule has 2 nitrogen and oxygen atoms in total. The van der Waals surface area contributed by atoms with Crippen LogP contribution in [0.2, 0.25) is 0 Å². The van der Waals surface area contributed by atoms with Gasteiger partial charge in [0, 0.05) is 11.4 Å². The van der Waals surface area contributed by atoms with Gasteiger partial charge < -0.3 is 10.4 Å². The Labute approximate surface area is 114 Å². The molecule has 0 spiro atoms. The largest absolute Gasteiger partial charge is 0.394 e. The van der Waals surface area contributed by atoms with Gasteiger partial charge in [0.1, 0.15) is 0 Å². The zero-order chi connectivity index (χ0) is 13.9. The van der Waals surface area contributed by atoms with Gasteiger partial charge >= 0.3 is 0 Å².